The predicted octanol–water partition coefficient (Wildman–Crippen LogP) is 2.32. The summed E-state index contributed by atoms with van der Waals surface area (Å²) in [5, 5.41) is 2.92. The molecule has 1 atom stereocenters. The molecule has 1 amide bonds. The van der Waals surface area contributed by atoms with Crippen molar-refractivity contribution in [2.24, 2.45) is 11.7 Å². The summed E-state index contributed by atoms with van der Waals surface area (Å²) in [7, 11) is 0. The summed E-state index contributed by atoms with van der Waals surface area (Å²) < 4.78 is 39.5. The van der Waals surface area contributed by atoms with Crippen LogP contribution < -0.4 is 15.8 Å². The number of alkyl halides is 3. The third-order valence-corrected chi connectivity index (χ3v) is 2.31. The number of carbonyl (C=O) groups excluding carboxylic acids is 1. The number of hydrogen-bond donors (Lipinski definition) is 2. The molecule has 0 heterocycles. The van der Waals surface area contributed by atoms with Crippen molar-refractivity contribution in [1.82, 2.24) is 0 Å². The largest absolute Gasteiger partial charge is 0.573 e. The van der Waals surface area contributed by atoms with Gasteiger partial charge in [-0.1, -0.05) is 6.92 Å². The molecular formula is C12H14F3N2O2. The summed E-state index contributed by atoms with van der Waals surface area (Å²) in [6, 6.07) is 5.30. The fraction of sp³-hybridized carbons (Fsp3) is 0.333. The Hall–Kier alpha value is -1.92. The molecule has 3 N–H and O–H groups in total. The van der Waals surface area contributed by atoms with E-state index in [0.717, 1.165) is 0 Å². The van der Waals surface area contributed by atoms with Crippen molar-refractivity contribution in [1.29, 1.82) is 0 Å². The normalized spacial score (nSPS) is 12.8. The Morgan fingerprint density at radius 1 is 1.42 bits per heavy atom. The summed E-state index contributed by atoms with van der Waals surface area (Å²) in [6.07, 6.45) is -3.03. The molecule has 0 unspecified atom stereocenters. The predicted molar refractivity (Wildman–Crippen MR) is 64.3 cm³/mol. The van der Waals surface area contributed by atoms with E-state index in [-0.39, 0.29) is 11.7 Å². The number of nitrogens with two attached hydrogens (primary N) is 1. The van der Waals surface area contributed by atoms with Gasteiger partial charge in [0.15, 0.2) is 0 Å². The molecule has 19 heavy (non-hydrogen) atoms. The monoisotopic (exact) mass is 275 g/mol. The summed E-state index contributed by atoms with van der Waals surface area (Å²) in [6.45, 7) is 2.04. The maximum Gasteiger partial charge on any atom is 0.573 e. The molecule has 0 bridgehead atoms. The lowest BCUT2D eigenvalue weighted by Crippen LogP contribution is -2.23. The summed E-state index contributed by atoms with van der Waals surface area (Å²) in [4.78, 5) is 10.8. The maximum absolute atomic E-state index is 11.9. The topological polar surface area (TPSA) is 64.3 Å². The molecular weight excluding hydrogens is 261 g/mol. The van der Waals surface area contributed by atoms with Crippen LogP contribution in [0.1, 0.15) is 6.92 Å². The van der Waals surface area contributed by atoms with Crippen molar-refractivity contribution in [2.45, 2.75) is 13.3 Å². The first-order chi connectivity index (χ1) is 8.78. The Labute approximate surface area is 108 Å². The molecule has 0 aliphatic heterocycles. The highest BCUT2D eigenvalue weighted by atomic mass is 19.4. The zero-order valence-electron chi connectivity index (χ0n) is 10.2. The Balaban J connectivity index is 2.42. The average molecular weight is 275 g/mol. The van der Waals surface area contributed by atoms with Crippen LogP contribution in [0.25, 0.3) is 0 Å². The summed E-state index contributed by atoms with van der Waals surface area (Å²) >= 11 is 0. The van der Waals surface area contributed by atoms with Crippen LogP contribution in [0.3, 0.4) is 0 Å². The minimum Gasteiger partial charge on any atom is -0.406 e. The van der Waals surface area contributed by atoms with Gasteiger partial charge < -0.3 is 15.8 Å². The van der Waals surface area contributed by atoms with E-state index in [2.05, 4.69) is 10.1 Å². The molecule has 0 spiro atoms. The van der Waals surface area contributed by atoms with E-state index in [0.29, 0.717) is 12.2 Å². The quantitative estimate of drug-likeness (QED) is 0.837. The second kappa shape index (κ2) is 6.31. The van der Waals surface area contributed by atoms with Gasteiger partial charge in [-0.3, -0.25) is 4.79 Å². The van der Waals surface area contributed by atoms with Gasteiger partial charge in [-0.2, -0.15) is 0 Å². The first-order valence-electron chi connectivity index (χ1n) is 5.50. The molecule has 0 aromatic heterocycles. The standard InChI is InChI=1S/C12H14F3N2O2/c1-8(11(16)18)6-7-17-9-2-4-10(5-3-9)19-12(13,14)15/h2-6,8,17H,7H2,1H3,(H2,16,18)/t8-/m0/s1. The highest BCUT2D eigenvalue weighted by molar-refractivity contribution is 5.77. The first kappa shape index (κ1) is 15.1. The van der Waals surface area contributed by atoms with E-state index in [1.807, 2.05) is 0 Å². The van der Waals surface area contributed by atoms with Crippen molar-refractivity contribution >= 4 is 11.6 Å². The number of nitrogens with one attached hydrogen (secondary N) is 1. The molecule has 7 heteroatoms. The summed E-state index contributed by atoms with van der Waals surface area (Å²) in [5.74, 6) is -1.09. The van der Waals surface area contributed by atoms with Crippen molar-refractivity contribution in [2.75, 3.05) is 11.9 Å². The van der Waals surface area contributed by atoms with Gasteiger partial charge in [0.2, 0.25) is 5.91 Å². The molecule has 1 aromatic carbocycles. The second-order valence-corrected chi connectivity index (χ2v) is 3.88. The van der Waals surface area contributed by atoms with Crippen LogP contribution in [0, 0.1) is 12.3 Å². The Morgan fingerprint density at radius 3 is 2.47 bits per heavy atom. The molecule has 0 aliphatic rings. The Bertz CT molecular complexity index is 418. The second-order valence-electron chi connectivity index (χ2n) is 3.88. The molecule has 1 radical (unpaired) electrons. The number of benzene rings is 1. The number of halogens is 3. The molecule has 0 fully saturated rings. The highest BCUT2D eigenvalue weighted by Crippen LogP contribution is 2.23. The molecule has 1 rings (SSSR count). The van der Waals surface area contributed by atoms with Gasteiger partial charge in [-0.05, 0) is 30.7 Å². The smallest absolute Gasteiger partial charge is 0.406 e. The van der Waals surface area contributed by atoms with Gasteiger partial charge in [0.1, 0.15) is 5.75 Å². The minimum atomic E-state index is -4.69. The molecule has 0 aliphatic carbocycles. The third-order valence-electron chi connectivity index (χ3n) is 2.31. The van der Waals surface area contributed by atoms with Crippen molar-refractivity contribution in [3.63, 3.8) is 0 Å². The van der Waals surface area contributed by atoms with E-state index in [4.69, 9.17) is 5.73 Å². The lowest BCUT2D eigenvalue weighted by molar-refractivity contribution is -0.274. The first-order valence-corrected chi connectivity index (χ1v) is 5.50. The van der Waals surface area contributed by atoms with Crippen molar-refractivity contribution in [3.05, 3.63) is 30.7 Å². The number of anilines is 1. The maximum atomic E-state index is 11.9. The van der Waals surface area contributed by atoms with E-state index in [1.165, 1.54) is 24.3 Å². The third kappa shape index (κ3) is 5.98. The van der Waals surface area contributed by atoms with Gasteiger partial charge in [-0.15, -0.1) is 13.2 Å². The van der Waals surface area contributed by atoms with Crippen LogP contribution in [0.4, 0.5) is 18.9 Å². The van der Waals surface area contributed by atoms with Crippen molar-refractivity contribution in [3.8, 4) is 5.75 Å². The SMILES string of the molecule is C[C@@H]([CH]CNc1ccc(OC(F)(F)F)cc1)C(N)=O. The number of primary amides is 1. The van der Waals surface area contributed by atoms with Crippen LogP contribution in [0.15, 0.2) is 24.3 Å². The lowest BCUT2D eigenvalue weighted by atomic mass is 10.1. The van der Waals surface area contributed by atoms with Crippen LogP contribution in [0.2, 0.25) is 0 Å². The minimum absolute atomic E-state index is 0.285. The fourth-order valence-electron chi connectivity index (χ4n) is 1.24. The van der Waals surface area contributed by atoms with Crippen molar-refractivity contribution < 1.29 is 22.7 Å². The van der Waals surface area contributed by atoms with Gasteiger partial charge in [0, 0.05) is 18.2 Å². The van der Waals surface area contributed by atoms with Crippen LogP contribution in [0.5, 0.6) is 5.75 Å². The number of carbonyl (C=O) groups is 1. The van der Waals surface area contributed by atoms with Gasteiger partial charge >= 0.3 is 6.36 Å². The van der Waals surface area contributed by atoms with Gasteiger partial charge in [-0.25, -0.2) is 0 Å². The van der Waals surface area contributed by atoms with E-state index in [9.17, 15) is 18.0 Å². The van der Waals surface area contributed by atoms with Gasteiger partial charge in [0.25, 0.3) is 0 Å². The summed E-state index contributed by atoms with van der Waals surface area (Å²) in [5.41, 5.74) is 5.69. The number of rotatable bonds is 6. The fourth-order valence-corrected chi connectivity index (χ4v) is 1.24. The Kier molecular flexibility index (Phi) is 5.02. The lowest BCUT2D eigenvalue weighted by Gasteiger charge is -2.11. The number of ether oxygens (including phenoxy) is 1. The van der Waals surface area contributed by atoms with Crippen LogP contribution >= 0.6 is 0 Å². The highest BCUT2D eigenvalue weighted by Gasteiger charge is 2.30. The molecule has 0 saturated heterocycles. The molecule has 4 nitrogen and oxygen atoms in total. The zero-order chi connectivity index (χ0) is 14.5. The average Bonchev–Trinajstić information content (AvgIpc) is 2.29. The number of hydrogen-bond acceptors (Lipinski definition) is 3. The molecule has 0 saturated carbocycles. The molecule has 1 aromatic rings. The Morgan fingerprint density at radius 2 is 2.00 bits per heavy atom. The van der Waals surface area contributed by atoms with E-state index >= 15 is 0 Å². The van der Waals surface area contributed by atoms with E-state index in [1.54, 1.807) is 13.3 Å². The van der Waals surface area contributed by atoms with Crippen LogP contribution in [-0.4, -0.2) is 18.8 Å². The van der Waals surface area contributed by atoms with Crippen LogP contribution in [-0.2, 0) is 4.79 Å². The van der Waals surface area contributed by atoms with E-state index < -0.39 is 12.3 Å². The van der Waals surface area contributed by atoms with Gasteiger partial charge in [0.05, 0.1) is 0 Å². The number of amides is 1. The molecule has 105 valence electrons. The zero-order valence-corrected chi connectivity index (χ0v) is 10.2.